The van der Waals surface area contributed by atoms with Crippen LogP contribution in [0.25, 0.3) is 6.08 Å². The minimum Gasteiger partial charge on any atom is -0.378 e. The van der Waals surface area contributed by atoms with Crippen molar-refractivity contribution in [3.63, 3.8) is 0 Å². The van der Waals surface area contributed by atoms with Crippen LogP contribution < -0.4 is 15.3 Å². The lowest BCUT2D eigenvalue weighted by molar-refractivity contribution is -0.117. The Bertz CT molecular complexity index is 950. The first-order valence-electron chi connectivity index (χ1n) is 9.09. The number of hydrogen-bond acceptors (Lipinski definition) is 4. The van der Waals surface area contributed by atoms with Crippen LogP contribution in [0.5, 0.6) is 0 Å². The Morgan fingerprint density at radius 1 is 1.04 bits per heavy atom. The summed E-state index contributed by atoms with van der Waals surface area (Å²) in [5.74, 6) is -0.832. The minimum absolute atomic E-state index is 0.0934. The van der Waals surface area contributed by atoms with Crippen LogP contribution in [0.4, 0.5) is 11.4 Å². The number of nitrogens with zero attached hydrogens (tertiary/aromatic N) is 2. The number of carbonyl (C=O) groups is 2. The van der Waals surface area contributed by atoms with Crippen LogP contribution in [0.1, 0.15) is 11.1 Å². The Hall–Kier alpha value is -2.83. The van der Waals surface area contributed by atoms with Gasteiger partial charge in [0.1, 0.15) is 5.57 Å². The van der Waals surface area contributed by atoms with Gasteiger partial charge in [-0.3, -0.25) is 15.0 Å². The van der Waals surface area contributed by atoms with Gasteiger partial charge in [-0.2, -0.15) is 0 Å². The second-order valence-corrected chi connectivity index (χ2v) is 7.17. The molecule has 6 nitrogen and oxygen atoms in total. The molecule has 0 bridgehead atoms. The van der Waals surface area contributed by atoms with Crippen molar-refractivity contribution in [1.29, 1.82) is 0 Å². The van der Waals surface area contributed by atoms with Crippen LogP contribution in [0.3, 0.4) is 0 Å². The van der Waals surface area contributed by atoms with Gasteiger partial charge in [-0.1, -0.05) is 29.8 Å². The standard InChI is InChI=1S/C21H20ClN3O3/c1-14-2-5-17(13-19(14)22)25-21(27)18(20(26)23-25)12-15-3-6-16(7-4-15)24-8-10-28-11-9-24/h2-7,12-13H,8-11H2,1H3,(H,23,26)/b18-12-. The molecule has 0 atom stereocenters. The number of carbonyl (C=O) groups excluding carboxylic acids is 2. The molecule has 2 aromatic carbocycles. The van der Waals surface area contributed by atoms with Crippen LogP contribution in [0.15, 0.2) is 48.0 Å². The molecule has 2 aromatic rings. The summed E-state index contributed by atoms with van der Waals surface area (Å²) in [6.07, 6.45) is 1.61. The average molecular weight is 398 g/mol. The molecule has 2 saturated heterocycles. The average Bonchev–Trinajstić information content (AvgIpc) is 2.99. The number of morpholine rings is 1. The van der Waals surface area contributed by atoms with Gasteiger partial charge >= 0.3 is 0 Å². The van der Waals surface area contributed by atoms with E-state index in [4.69, 9.17) is 16.3 Å². The van der Waals surface area contributed by atoms with Crippen molar-refractivity contribution < 1.29 is 14.3 Å². The molecule has 0 unspecified atom stereocenters. The molecule has 0 aromatic heterocycles. The summed E-state index contributed by atoms with van der Waals surface area (Å²) in [5.41, 5.74) is 6.01. The smallest absolute Gasteiger partial charge is 0.282 e. The molecule has 28 heavy (non-hydrogen) atoms. The van der Waals surface area contributed by atoms with Gasteiger partial charge in [0.05, 0.1) is 18.9 Å². The molecule has 0 aliphatic carbocycles. The predicted molar refractivity (Wildman–Crippen MR) is 109 cm³/mol. The van der Waals surface area contributed by atoms with Gasteiger partial charge in [0.15, 0.2) is 0 Å². The molecule has 7 heteroatoms. The van der Waals surface area contributed by atoms with E-state index in [1.54, 1.807) is 18.2 Å². The Kier molecular flexibility index (Phi) is 5.07. The molecule has 0 radical (unpaired) electrons. The first-order valence-corrected chi connectivity index (χ1v) is 9.47. The highest BCUT2D eigenvalue weighted by atomic mass is 35.5. The number of halogens is 1. The highest BCUT2D eigenvalue weighted by Gasteiger charge is 2.34. The summed E-state index contributed by atoms with van der Waals surface area (Å²) in [5, 5.41) is 1.76. The van der Waals surface area contributed by atoms with Crippen LogP contribution in [-0.2, 0) is 14.3 Å². The zero-order valence-electron chi connectivity index (χ0n) is 15.4. The van der Waals surface area contributed by atoms with Crippen LogP contribution in [-0.4, -0.2) is 38.1 Å². The molecule has 2 aliphatic rings. The van der Waals surface area contributed by atoms with E-state index in [1.807, 2.05) is 37.3 Å². The van der Waals surface area contributed by atoms with Crippen molar-refractivity contribution in [2.75, 3.05) is 36.2 Å². The molecular formula is C21H20ClN3O3. The fourth-order valence-corrected chi connectivity index (χ4v) is 3.40. The quantitative estimate of drug-likeness (QED) is 0.639. The molecule has 2 fully saturated rings. The highest BCUT2D eigenvalue weighted by Crippen LogP contribution is 2.26. The monoisotopic (exact) mass is 397 g/mol. The van der Waals surface area contributed by atoms with Crippen molar-refractivity contribution in [1.82, 2.24) is 5.43 Å². The highest BCUT2D eigenvalue weighted by molar-refractivity contribution is 6.33. The SMILES string of the molecule is Cc1ccc(N2NC(=O)/C(=C/c3ccc(N4CCOCC4)cc3)C2=O)cc1Cl. The summed E-state index contributed by atoms with van der Waals surface area (Å²) < 4.78 is 5.37. The maximum atomic E-state index is 12.7. The molecule has 0 spiro atoms. The van der Waals surface area contributed by atoms with Gasteiger partial charge in [-0.25, -0.2) is 5.01 Å². The molecule has 2 amide bonds. The van der Waals surface area contributed by atoms with Gasteiger partial charge in [-0.05, 0) is 48.4 Å². The third-order valence-corrected chi connectivity index (χ3v) is 5.29. The maximum absolute atomic E-state index is 12.7. The van der Waals surface area contributed by atoms with E-state index in [2.05, 4.69) is 10.3 Å². The number of nitrogens with one attached hydrogen (secondary N) is 1. The third kappa shape index (κ3) is 3.61. The fraction of sp³-hybridized carbons (Fsp3) is 0.238. The number of aryl methyl sites for hydroxylation is 1. The van der Waals surface area contributed by atoms with E-state index < -0.39 is 11.8 Å². The van der Waals surface area contributed by atoms with E-state index in [9.17, 15) is 9.59 Å². The predicted octanol–water partition coefficient (Wildman–Crippen LogP) is 2.95. The number of anilines is 2. The number of benzene rings is 2. The van der Waals surface area contributed by atoms with E-state index in [0.717, 1.165) is 43.1 Å². The van der Waals surface area contributed by atoms with Crippen molar-refractivity contribution in [2.45, 2.75) is 6.92 Å². The van der Waals surface area contributed by atoms with E-state index in [0.29, 0.717) is 10.7 Å². The second kappa shape index (κ2) is 7.66. The van der Waals surface area contributed by atoms with E-state index in [1.165, 1.54) is 5.01 Å². The normalized spacial score (nSPS) is 18.7. The number of amides is 2. The minimum atomic E-state index is -0.432. The van der Waals surface area contributed by atoms with Crippen LogP contribution in [0, 0.1) is 6.92 Å². The molecule has 1 N–H and O–H groups in total. The zero-order chi connectivity index (χ0) is 19.7. The topological polar surface area (TPSA) is 61.9 Å². The lowest BCUT2D eigenvalue weighted by atomic mass is 10.1. The first kappa shape index (κ1) is 18.5. The second-order valence-electron chi connectivity index (χ2n) is 6.76. The van der Waals surface area contributed by atoms with E-state index in [-0.39, 0.29) is 5.57 Å². The molecule has 0 saturated carbocycles. The van der Waals surface area contributed by atoms with Crippen molar-refractivity contribution >= 4 is 40.9 Å². The summed E-state index contributed by atoms with van der Waals surface area (Å²) in [6, 6.07) is 13.0. The van der Waals surface area contributed by atoms with Gasteiger partial charge in [0.25, 0.3) is 11.8 Å². The largest absolute Gasteiger partial charge is 0.378 e. The van der Waals surface area contributed by atoms with Gasteiger partial charge in [0, 0.05) is 23.8 Å². The van der Waals surface area contributed by atoms with Gasteiger partial charge < -0.3 is 9.64 Å². The fourth-order valence-electron chi connectivity index (χ4n) is 3.23. The first-order chi connectivity index (χ1) is 13.5. The molecule has 144 valence electrons. The molecule has 4 rings (SSSR count). The van der Waals surface area contributed by atoms with Crippen LogP contribution >= 0.6 is 11.6 Å². The van der Waals surface area contributed by atoms with Gasteiger partial charge in [0.2, 0.25) is 0 Å². The molecule has 2 heterocycles. The Labute approximate surface area is 168 Å². The lowest BCUT2D eigenvalue weighted by Gasteiger charge is -2.28. The maximum Gasteiger partial charge on any atom is 0.282 e. The third-order valence-electron chi connectivity index (χ3n) is 4.89. The molecular weight excluding hydrogens is 378 g/mol. The Balaban J connectivity index is 1.54. The van der Waals surface area contributed by atoms with Crippen molar-refractivity contribution in [3.8, 4) is 0 Å². The Morgan fingerprint density at radius 2 is 1.71 bits per heavy atom. The van der Waals surface area contributed by atoms with Crippen molar-refractivity contribution in [2.24, 2.45) is 0 Å². The van der Waals surface area contributed by atoms with Crippen molar-refractivity contribution in [3.05, 3.63) is 64.2 Å². The lowest BCUT2D eigenvalue weighted by Crippen LogP contribution is -2.36. The number of hydrogen-bond donors (Lipinski definition) is 1. The molecule has 2 aliphatic heterocycles. The van der Waals surface area contributed by atoms with E-state index >= 15 is 0 Å². The Morgan fingerprint density at radius 3 is 2.39 bits per heavy atom. The number of rotatable bonds is 3. The summed E-state index contributed by atoms with van der Waals surface area (Å²) in [4.78, 5) is 27.3. The summed E-state index contributed by atoms with van der Waals surface area (Å²) in [7, 11) is 0. The summed E-state index contributed by atoms with van der Waals surface area (Å²) in [6.45, 7) is 5.03. The number of hydrazine groups is 1. The van der Waals surface area contributed by atoms with Crippen LogP contribution in [0.2, 0.25) is 5.02 Å². The number of ether oxygens (including phenoxy) is 1. The summed E-state index contributed by atoms with van der Waals surface area (Å²) >= 11 is 6.14. The zero-order valence-corrected chi connectivity index (χ0v) is 16.2. The van der Waals surface area contributed by atoms with Gasteiger partial charge in [-0.15, -0.1) is 0 Å².